The normalized spacial score (nSPS) is 18.2. The second kappa shape index (κ2) is 6.03. The van der Waals surface area contributed by atoms with E-state index in [2.05, 4.69) is 46.4 Å². The third-order valence-electron chi connectivity index (χ3n) is 3.53. The van der Waals surface area contributed by atoms with Crippen LogP contribution in [0, 0.1) is 0 Å². The van der Waals surface area contributed by atoms with Crippen molar-refractivity contribution in [2.45, 2.75) is 6.42 Å². The van der Waals surface area contributed by atoms with Gasteiger partial charge in [-0.15, -0.1) is 0 Å². The molecule has 0 unspecified atom stereocenters. The highest BCUT2D eigenvalue weighted by Crippen LogP contribution is 2.11. The van der Waals surface area contributed by atoms with Gasteiger partial charge in [0.15, 0.2) is 0 Å². The molecule has 1 aliphatic rings. The molecule has 3 heteroatoms. The number of nitrogens with one attached hydrogen (secondary N) is 1. The monoisotopic (exact) mass is 233 g/mol. The lowest BCUT2D eigenvalue weighted by molar-refractivity contribution is 0.155. The fourth-order valence-corrected chi connectivity index (χ4v) is 2.24. The third kappa shape index (κ3) is 3.72. The van der Waals surface area contributed by atoms with Crippen molar-refractivity contribution < 1.29 is 0 Å². The van der Waals surface area contributed by atoms with Crippen LogP contribution in [0.15, 0.2) is 24.3 Å². The van der Waals surface area contributed by atoms with E-state index in [0.29, 0.717) is 0 Å². The Bertz CT molecular complexity index is 343. The first-order valence-electron chi connectivity index (χ1n) is 6.45. The molecule has 0 atom stereocenters. The van der Waals surface area contributed by atoms with E-state index in [-0.39, 0.29) is 0 Å². The first-order valence-corrected chi connectivity index (χ1v) is 6.45. The summed E-state index contributed by atoms with van der Waals surface area (Å²) in [5.74, 6) is 0. The molecule has 3 nitrogen and oxygen atoms in total. The van der Waals surface area contributed by atoms with Crippen molar-refractivity contribution in [2.24, 2.45) is 0 Å². The minimum atomic E-state index is 1.15. The van der Waals surface area contributed by atoms with Crippen molar-refractivity contribution in [1.82, 2.24) is 9.80 Å². The fourth-order valence-electron chi connectivity index (χ4n) is 2.24. The maximum atomic E-state index is 3.19. The van der Waals surface area contributed by atoms with E-state index in [4.69, 9.17) is 0 Å². The van der Waals surface area contributed by atoms with Crippen molar-refractivity contribution >= 4 is 5.69 Å². The van der Waals surface area contributed by atoms with Crippen LogP contribution < -0.4 is 5.32 Å². The maximum Gasteiger partial charge on any atom is 0.0340 e. The Labute approximate surface area is 104 Å². The maximum absolute atomic E-state index is 3.19. The highest BCUT2D eigenvalue weighted by molar-refractivity contribution is 5.45. The SMILES string of the molecule is CNc1cccc(CCN2CCN(C)CC2)c1. The Morgan fingerprint density at radius 3 is 2.65 bits per heavy atom. The zero-order chi connectivity index (χ0) is 12.1. The van der Waals surface area contributed by atoms with Crippen LogP contribution in [-0.4, -0.2) is 56.6 Å². The Morgan fingerprint density at radius 1 is 1.18 bits per heavy atom. The van der Waals surface area contributed by atoms with Gasteiger partial charge in [0, 0.05) is 45.5 Å². The second-order valence-corrected chi connectivity index (χ2v) is 4.85. The second-order valence-electron chi connectivity index (χ2n) is 4.85. The van der Waals surface area contributed by atoms with Gasteiger partial charge in [0.05, 0.1) is 0 Å². The van der Waals surface area contributed by atoms with E-state index in [9.17, 15) is 0 Å². The molecular formula is C14H23N3. The Morgan fingerprint density at radius 2 is 1.94 bits per heavy atom. The summed E-state index contributed by atoms with van der Waals surface area (Å²) in [7, 11) is 4.17. The molecule has 0 aromatic heterocycles. The molecule has 0 radical (unpaired) electrons. The molecule has 2 rings (SSSR count). The lowest BCUT2D eigenvalue weighted by Gasteiger charge is -2.32. The van der Waals surface area contributed by atoms with Crippen LogP contribution in [0.3, 0.4) is 0 Å². The van der Waals surface area contributed by atoms with E-state index in [1.165, 1.54) is 44.0 Å². The summed E-state index contributed by atoms with van der Waals surface area (Å²) >= 11 is 0. The molecule has 0 bridgehead atoms. The minimum absolute atomic E-state index is 1.15. The zero-order valence-electron chi connectivity index (χ0n) is 10.9. The van der Waals surface area contributed by atoms with Crippen LogP contribution in [0.25, 0.3) is 0 Å². The predicted octanol–water partition coefficient (Wildman–Crippen LogP) is 1.52. The first-order chi connectivity index (χ1) is 8.28. The molecule has 0 amide bonds. The van der Waals surface area contributed by atoms with Crippen LogP contribution >= 0.6 is 0 Å². The van der Waals surface area contributed by atoms with Gasteiger partial charge < -0.3 is 15.1 Å². The molecule has 94 valence electrons. The number of piperazine rings is 1. The third-order valence-corrected chi connectivity index (χ3v) is 3.53. The molecule has 0 spiro atoms. The Hall–Kier alpha value is -1.06. The summed E-state index contributed by atoms with van der Waals surface area (Å²) < 4.78 is 0. The summed E-state index contributed by atoms with van der Waals surface area (Å²) in [4.78, 5) is 4.96. The highest BCUT2D eigenvalue weighted by Gasteiger charge is 2.12. The van der Waals surface area contributed by atoms with Crippen LogP contribution in [0.5, 0.6) is 0 Å². The number of hydrogen-bond donors (Lipinski definition) is 1. The molecule has 1 fully saturated rings. The average molecular weight is 233 g/mol. The molecule has 1 aromatic carbocycles. The minimum Gasteiger partial charge on any atom is -0.388 e. The Kier molecular flexibility index (Phi) is 4.40. The molecule has 1 saturated heterocycles. The van der Waals surface area contributed by atoms with Crippen molar-refractivity contribution in [2.75, 3.05) is 52.1 Å². The van der Waals surface area contributed by atoms with Gasteiger partial charge in [-0.1, -0.05) is 12.1 Å². The molecular weight excluding hydrogens is 210 g/mol. The van der Waals surface area contributed by atoms with Crippen LogP contribution in [0.4, 0.5) is 5.69 Å². The first kappa shape index (κ1) is 12.4. The molecule has 1 aliphatic heterocycles. The van der Waals surface area contributed by atoms with Gasteiger partial charge in [-0.3, -0.25) is 0 Å². The molecule has 1 heterocycles. The zero-order valence-corrected chi connectivity index (χ0v) is 10.9. The van der Waals surface area contributed by atoms with Crippen molar-refractivity contribution in [3.05, 3.63) is 29.8 Å². The summed E-state index contributed by atoms with van der Waals surface area (Å²) in [5, 5.41) is 3.19. The van der Waals surface area contributed by atoms with Gasteiger partial charge in [0.2, 0.25) is 0 Å². The highest BCUT2D eigenvalue weighted by atomic mass is 15.2. The van der Waals surface area contributed by atoms with E-state index >= 15 is 0 Å². The van der Waals surface area contributed by atoms with E-state index in [1.54, 1.807) is 0 Å². The summed E-state index contributed by atoms with van der Waals surface area (Å²) in [6, 6.07) is 8.71. The number of hydrogen-bond acceptors (Lipinski definition) is 3. The lowest BCUT2D eigenvalue weighted by Crippen LogP contribution is -2.45. The number of nitrogens with zero attached hydrogens (tertiary/aromatic N) is 2. The molecule has 1 N–H and O–H groups in total. The fraction of sp³-hybridized carbons (Fsp3) is 0.571. The van der Waals surface area contributed by atoms with Crippen LogP contribution in [-0.2, 0) is 6.42 Å². The van der Waals surface area contributed by atoms with Gasteiger partial charge in [-0.2, -0.15) is 0 Å². The number of benzene rings is 1. The van der Waals surface area contributed by atoms with Crippen LogP contribution in [0.2, 0.25) is 0 Å². The molecule has 1 aromatic rings. The van der Waals surface area contributed by atoms with Gasteiger partial charge in [0.1, 0.15) is 0 Å². The van der Waals surface area contributed by atoms with Crippen molar-refractivity contribution in [3.63, 3.8) is 0 Å². The van der Waals surface area contributed by atoms with E-state index in [1.807, 2.05) is 7.05 Å². The number of anilines is 1. The quantitative estimate of drug-likeness (QED) is 0.850. The summed E-state index contributed by atoms with van der Waals surface area (Å²) in [6.45, 7) is 6.01. The van der Waals surface area contributed by atoms with Gasteiger partial charge in [0.25, 0.3) is 0 Å². The van der Waals surface area contributed by atoms with Crippen LogP contribution in [0.1, 0.15) is 5.56 Å². The molecule has 0 saturated carbocycles. The summed E-state index contributed by atoms with van der Waals surface area (Å²) in [6.07, 6.45) is 1.15. The number of rotatable bonds is 4. The lowest BCUT2D eigenvalue weighted by atomic mass is 10.1. The van der Waals surface area contributed by atoms with Gasteiger partial charge in [-0.05, 0) is 31.2 Å². The van der Waals surface area contributed by atoms with Crippen molar-refractivity contribution in [3.8, 4) is 0 Å². The Balaban J connectivity index is 1.81. The van der Waals surface area contributed by atoms with Gasteiger partial charge in [-0.25, -0.2) is 0 Å². The van der Waals surface area contributed by atoms with E-state index < -0.39 is 0 Å². The van der Waals surface area contributed by atoms with E-state index in [0.717, 1.165) is 6.42 Å². The average Bonchev–Trinajstić information content (AvgIpc) is 2.38. The largest absolute Gasteiger partial charge is 0.388 e. The molecule has 17 heavy (non-hydrogen) atoms. The predicted molar refractivity (Wildman–Crippen MR) is 73.6 cm³/mol. The molecule has 0 aliphatic carbocycles. The standard InChI is InChI=1S/C14H23N3/c1-15-14-5-3-4-13(12-14)6-7-17-10-8-16(2)9-11-17/h3-5,12,15H,6-11H2,1-2H3. The number of likely N-dealkylation sites (N-methyl/N-ethyl adjacent to an activating group) is 1. The smallest absolute Gasteiger partial charge is 0.0340 e. The summed E-state index contributed by atoms with van der Waals surface area (Å²) in [5.41, 5.74) is 2.64. The van der Waals surface area contributed by atoms with Gasteiger partial charge >= 0.3 is 0 Å². The van der Waals surface area contributed by atoms with Crippen molar-refractivity contribution in [1.29, 1.82) is 0 Å². The topological polar surface area (TPSA) is 18.5 Å².